The Morgan fingerprint density at radius 2 is 1.95 bits per heavy atom. The van der Waals surface area contributed by atoms with Crippen molar-refractivity contribution < 1.29 is 14.7 Å². The molecule has 2 rings (SSSR count). The van der Waals surface area contributed by atoms with Crippen molar-refractivity contribution in [3.05, 3.63) is 0 Å². The number of carboxylic acids is 1. The van der Waals surface area contributed by atoms with Crippen LogP contribution in [0.15, 0.2) is 0 Å². The molecular formula is C15H27N3O3. The summed E-state index contributed by atoms with van der Waals surface area (Å²) in [5.41, 5.74) is -1.06. The van der Waals surface area contributed by atoms with Crippen LogP contribution in [0.5, 0.6) is 0 Å². The van der Waals surface area contributed by atoms with Gasteiger partial charge in [0.15, 0.2) is 0 Å². The monoisotopic (exact) mass is 297 g/mol. The third-order valence-corrected chi connectivity index (χ3v) is 4.97. The van der Waals surface area contributed by atoms with Crippen LogP contribution in [-0.2, 0) is 4.79 Å². The summed E-state index contributed by atoms with van der Waals surface area (Å²) in [4.78, 5) is 27.8. The fraction of sp³-hybridized carbons (Fsp3) is 0.867. The van der Waals surface area contributed by atoms with Crippen LogP contribution in [0, 0.1) is 0 Å². The van der Waals surface area contributed by atoms with Crippen molar-refractivity contribution in [2.45, 2.75) is 56.5 Å². The van der Waals surface area contributed by atoms with Crippen molar-refractivity contribution in [1.82, 2.24) is 15.1 Å². The molecule has 0 spiro atoms. The molecule has 21 heavy (non-hydrogen) atoms. The molecular weight excluding hydrogens is 270 g/mol. The first-order valence-electron chi connectivity index (χ1n) is 7.91. The zero-order valence-electron chi connectivity index (χ0n) is 13.1. The number of amides is 2. The number of nitrogens with one attached hydrogen (secondary N) is 1. The van der Waals surface area contributed by atoms with Gasteiger partial charge in [0.05, 0.1) is 0 Å². The second kappa shape index (κ2) is 6.64. The maximum absolute atomic E-state index is 12.3. The molecule has 1 saturated heterocycles. The number of rotatable bonds is 4. The predicted molar refractivity (Wildman–Crippen MR) is 80.3 cm³/mol. The molecule has 0 aromatic carbocycles. The van der Waals surface area contributed by atoms with Gasteiger partial charge in [-0.25, -0.2) is 9.59 Å². The predicted octanol–water partition coefficient (Wildman–Crippen LogP) is 1.51. The van der Waals surface area contributed by atoms with Gasteiger partial charge in [-0.15, -0.1) is 0 Å². The summed E-state index contributed by atoms with van der Waals surface area (Å²) in [5.74, 6) is -0.901. The molecule has 1 aliphatic heterocycles. The third kappa shape index (κ3) is 3.67. The van der Waals surface area contributed by atoms with Crippen LogP contribution in [-0.4, -0.2) is 65.7 Å². The van der Waals surface area contributed by atoms with Crippen LogP contribution in [0.4, 0.5) is 4.79 Å². The minimum absolute atomic E-state index is 0.264. The van der Waals surface area contributed by atoms with Crippen molar-refractivity contribution in [1.29, 1.82) is 0 Å². The van der Waals surface area contributed by atoms with Crippen LogP contribution >= 0.6 is 0 Å². The minimum Gasteiger partial charge on any atom is -0.480 e. The van der Waals surface area contributed by atoms with Gasteiger partial charge in [-0.05, 0) is 39.3 Å². The number of hydrogen-bond acceptors (Lipinski definition) is 3. The highest BCUT2D eigenvalue weighted by Gasteiger charge is 2.41. The van der Waals surface area contributed by atoms with Gasteiger partial charge in [0.2, 0.25) is 0 Å². The van der Waals surface area contributed by atoms with Gasteiger partial charge in [0.25, 0.3) is 0 Å². The smallest absolute Gasteiger partial charge is 0.329 e. The average Bonchev–Trinajstić information content (AvgIpc) is 2.85. The number of hydrogen-bond donors (Lipinski definition) is 2. The number of carbonyl (C=O) groups is 2. The summed E-state index contributed by atoms with van der Waals surface area (Å²) in [7, 11) is 3.82. The topological polar surface area (TPSA) is 72.9 Å². The zero-order chi connectivity index (χ0) is 15.5. The Labute approximate surface area is 126 Å². The molecule has 0 radical (unpaired) electrons. The lowest BCUT2D eigenvalue weighted by atomic mass is 9.82. The van der Waals surface area contributed by atoms with E-state index in [9.17, 15) is 14.7 Å². The van der Waals surface area contributed by atoms with Crippen molar-refractivity contribution >= 4 is 12.0 Å². The summed E-state index contributed by atoms with van der Waals surface area (Å²) >= 11 is 0. The summed E-state index contributed by atoms with van der Waals surface area (Å²) in [6.07, 6.45) is 6.10. The minimum atomic E-state index is -1.06. The Morgan fingerprint density at radius 1 is 1.29 bits per heavy atom. The van der Waals surface area contributed by atoms with Crippen LogP contribution in [0.1, 0.15) is 44.9 Å². The van der Waals surface area contributed by atoms with Gasteiger partial charge in [-0.3, -0.25) is 0 Å². The second-order valence-electron chi connectivity index (χ2n) is 6.54. The fourth-order valence-corrected chi connectivity index (χ4v) is 3.46. The standard InChI is InChI=1S/C15H27N3O3/c1-17-10-6-7-12(17)11-18(2)14(21)16-15(13(19)20)8-4-3-5-9-15/h12H,3-11H2,1-2H3,(H,16,21)(H,19,20). The lowest BCUT2D eigenvalue weighted by Gasteiger charge is -2.36. The molecule has 1 saturated carbocycles. The lowest BCUT2D eigenvalue weighted by Crippen LogP contribution is -2.59. The van der Waals surface area contributed by atoms with Gasteiger partial charge < -0.3 is 20.2 Å². The molecule has 2 aliphatic rings. The molecule has 2 N–H and O–H groups in total. The molecule has 2 fully saturated rings. The zero-order valence-corrected chi connectivity index (χ0v) is 13.1. The average molecular weight is 297 g/mol. The van der Waals surface area contributed by atoms with Gasteiger partial charge in [0, 0.05) is 19.6 Å². The number of urea groups is 1. The summed E-state index contributed by atoms with van der Waals surface area (Å²) < 4.78 is 0. The normalized spacial score (nSPS) is 25.5. The number of likely N-dealkylation sites (tertiary alicyclic amines) is 1. The highest BCUT2D eigenvalue weighted by molar-refractivity contribution is 5.86. The largest absolute Gasteiger partial charge is 0.480 e. The Balaban J connectivity index is 1.93. The fourth-order valence-electron chi connectivity index (χ4n) is 3.46. The highest BCUT2D eigenvalue weighted by atomic mass is 16.4. The van der Waals surface area contributed by atoms with E-state index in [4.69, 9.17) is 0 Å². The quantitative estimate of drug-likeness (QED) is 0.825. The van der Waals surface area contributed by atoms with E-state index in [1.54, 1.807) is 11.9 Å². The number of nitrogens with zero attached hydrogens (tertiary/aromatic N) is 2. The maximum Gasteiger partial charge on any atom is 0.329 e. The molecule has 120 valence electrons. The number of carboxylic acid groups (broad SMARTS) is 1. The second-order valence-corrected chi connectivity index (χ2v) is 6.54. The van der Waals surface area contributed by atoms with E-state index in [0.717, 1.165) is 38.6 Å². The first-order chi connectivity index (χ1) is 9.94. The van der Waals surface area contributed by atoms with E-state index in [1.807, 2.05) is 0 Å². The van der Waals surface area contributed by atoms with E-state index in [-0.39, 0.29) is 6.03 Å². The Morgan fingerprint density at radius 3 is 2.48 bits per heavy atom. The third-order valence-electron chi connectivity index (χ3n) is 4.97. The van der Waals surface area contributed by atoms with Gasteiger partial charge in [-0.1, -0.05) is 19.3 Å². The molecule has 0 aromatic heterocycles. The molecule has 2 amide bonds. The summed E-state index contributed by atoms with van der Waals surface area (Å²) in [6.45, 7) is 1.72. The van der Waals surface area contributed by atoms with Crippen LogP contribution < -0.4 is 5.32 Å². The van der Waals surface area contributed by atoms with Crippen LogP contribution in [0.3, 0.4) is 0 Å². The molecule has 6 nitrogen and oxygen atoms in total. The number of likely N-dealkylation sites (N-methyl/N-ethyl adjacent to an activating group) is 2. The first-order valence-corrected chi connectivity index (χ1v) is 7.91. The van der Waals surface area contributed by atoms with Crippen LogP contribution in [0.2, 0.25) is 0 Å². The molecule has 0 aromatic rings. The van der Waals surface area contributed by atoms with Crippen LogP contribution in [0.25, 0.3) is 0 Å². The number of aliphatic carboxylic acids is 1. The van der Waals surface area contributed by atoms with E-state index in [0.29, 0.717) is 25.4 Å². The molecule has 6 heteroatoms. The molecule has 0 bridgehead atoms. The molecule has 1 atom stereocenters. The van der Waals surface area contributed by atoms with E-state index >= 15 is 0 Å². The molecule has 1 aliphatic carbocycles. The van der Waals surface area contributed by atoms with Crippen molar-refractivity contribution in [2.24, 2.45) is 0 Å². The highest BCUT2D eigenvalue weighted by Crippen LogP contribution is 2.28. The lowest BCUT2D eigenvalue weighted by molar-refractivity contribution is -0.145. The first kappa shape index (κ1) is 16.1. The van der Waals surface area contributed by atoms with Gasteiger partial charge >= 0.3 is 12.0 Å². The Bertz CT molecular complexity index is 394. The maximum atomic E-state index is 12.3. The molecule has 1 heterocycles. The van der Waals surface area contributed by atoms with Gasteiger partial charge in [-0.2, -0.15) is 0 Å². The van der Waals surface area contributed by atoms with Gasteiger partial charge in [0.1, 0.15) is 5.54 Å². The van der Waals surface area contributed by atoms with Crippen molar-refractivity contribution in [3.8, 4) is 0 Å². The van der Waals surface area contributed by atoms with E-state index in [1.165, 1.54) is 0 Å². The van der Waals surface area contributed by atoms with Crippen molar-refractivity contribution in [2.75, 3.05) is 27.2 Å². The Kier molecular flexibility index (Phi) is 5.08. The SMILES string of the molecule is CN(CC1CCCN1C)C(=O)NC1(C(=O)O)CCCCC1. The number of carbonyl (C=O) groups excluding carboxylic acids is 1. The van der Waals surface area contributed by atoms with E-state index in [2.05, 4.69) is 17.3 Å². The summed E-state index contributed by atoms with van der Waals surface area (Å²) in [6, 6.07) is 0.118. The van der Waals surface area contributed by atoms with E-state index < -0.39 is 11.5 Å². The molecule has 1 unspecified atom stereocenters. The van der Waals surface area contributed by atoms with Crippen molar-refractivity contribution in [3.63, 3.8) is 0 Å². The summed E-state index contributed by atoms with van der Waals surface area (Å²) in [5, 5.41) is 12.3. The Hall–Kier alpha value is -1.30.